The van der Waals surface area contributed by atoms with E-state index in [1.54, 1.807) is 41.0 Å². The Balaban J connectivity index is 1.77. The molecule has 0 bridgehead atoms. The van der Waals surface area contributed by atoms with Crippen LogP contribution in [-0.2, 0) is 17.8 Å². The smallest absolute Gasteiger partial charge is 0.326 e. The summed E-state index contributed by atoms with van der Waals surface area (Å²) < 4.78 is 15.6. The number of nitrogens with zero attached hydrogens (tertiary/aromatic N) is 3. The molecule has 1 aliphatic rings. The van der Waals surface area contributed by atoms with Crippen LogP contribution in [-0.4, -0.2) is 37.5 Å². The van der Waals surface area contributed by atoms with Gasteiger partial charge in [-0.15, -0.1) is 0 Å². The Morgan fingerprint density at radius 3 is 2.84 bits per heavy atom. The fraction of sp³-hybridized carbons (Fsp3) is 0.167. The summed E-state index contributed by atoms with van der Waals surface area (Å²) in [5.74, 6) is -2.02. The number of carbonyl (C=O) groups excluding carboxylic acids is 1. The molecule has 0 saturated heterocycles. The molecule has 0 radical (unpaired) electrons. The molecule has 126 valence electrons. The Hall–Kier alpha value is -3.22. The molecular formula is C18H14FN3O3. The zero-order valence-electron chi connectivity index (χ0n) is 13.1. The van der Waals surface area contributed by atoms with Gasteiger partial charge in [0.1, 0.15) is 11.9 Å². The number of carboxylic acids is 1. The summed E-state index contributed by atoms with van der Waals surface area (Å²) in [6, 6.07) is 8.78. The second-order valence-corrected chi connectivity index (χ2v) is 5.96. The van der Waals surface area contributed by atoms with E-state index in [1.165, 1.54) is 17.2 Å². The summed E-state index contributed by atoms with van der Waals surface area (Å²) in [7, 11) is 0. The lowest BCUT2D eigenvalue weighted by atomic mass is 9.93. The van der Waals surface area contributed by atoms with E-state index < -0.39 is 23.7 Å². The molecule has 7 heteroatoms. The van der Waals surface area contributed by atoms with Crippen LogP contribution in [0.15, 0.2) is 48.8 Å². The third kappa shape index (κ3) is 2.44. The van der Waals surface area contributed by atoms with Gasteiger partial charge in [0.15, 0.2) is 0 Å². The monoisotopic (exact) mass is 339 g/mol. The van der Waals surface area contributed by atoms with E-state index in [9.17, 15) is 19.1 Å². The molecule has 1 aromatic carbocycles. The first-order chi connectivity index (χ1) is 12.1. The van der Waals surface area contributed by atoms with E-state index >= 15 is 0 Å². The quantitative estimate of drug-likeness (QED) is 0.776. The molecule has 1 amide bonds. The molecule has 3 heterocycles. The lowest BCUT2D eigenvalue weighted by Crippen LogP contribution is -2.48. The topological polar surface area (TPSA) is 74.9 Å². The summed E-state index contributed by atoms with van der Waals surface area (Å²) >= 11 is 0. The highest BCUT2D eigenvalue weighted by Gasteiger charge is 2.37. The number of halogens is 1. The van der Waals surface area contributed by atoms with Gasteiger partial charge in [0.05, 0.1) is 17.3 Å². The van der Waals surface area contributed by atoms with Crippen molar-refractivity contribution >= 4 is 17.4 Å². The Kier molecular flexibility index (Phi) is 3.49. The maximum atomic E-state index is 14.0. The first-order valence-electron chi connectivity index (χ1n) is 7.78. The molecule has 0 saturated carbocycles. The third-order valence-corrected chi connectivity index (χ3v) is 4.53. The van der Waals surface area contributed by atoms with Crippen molar-refractivity contribution in [2.24, 2.45) is 0 Å². The number of aliphatic carboxylic acids is 1. The zero-order valence-corrected chi connectivity index (χ0v) is 13.1. The molecule has 2 aromatic heterocycles. The number of carbonyl (C=O) groups is 2. The highest BCUT2D eigenvalue weighted by Crippen LogP contribution is 2.28. The minimum Gasteiger partial charge on any atom is -0.480 e. The van der Waals surface area contributed by atoms with Crippen molar-refractivity contribution in [3.05, 3.63) is 71.3 Å². The van der Waals surface area contributed by atoms with Crippen molar-refractivity contribution in [2.75, 3.05) is 0 Å². The van der Waals surface area contributed by atoms with Crippen LogP contribution < -0.4 is 0 Å². The van der Waals surface area contributed by atoms with Crippen molar-refractivity contribution < 1.29 is 19.1 Å². The number of benzene rings is 1. The highest BCUT2D eigenvalue weighted by atomic mass is 19.1. The predicted molar refractivity (Wildman–Crippen MR) is 86.6 cm³/mol. The fourth-order valence-electron chi connectivity index (χ4n) is 3.27. The predicted octanol–water partition coefficient (Wildman–Crippen LogP) is 2.13. The average molecular weight is 339 g/mol. The molecule has 25 heavy (non-hydrogen) atoms. The number of carboxylic acid groups (broad SMARTS) is 1. The van der Waals surface area contributed by atoms with Crippen LogP contribution in [0.25, 0.3) is 5.52 Å². The number of hydrogen-bond acceptors (Lipinski definition) is 3. The van der Waals surface area contributed by atoms with Crippen LogP contribution in [0.5, 0.6) is 0 Å². The van der Waals surface area contributed by atoms with Crippen molar-refractivity contribution in [1.29, 1.82) is 0 Å². The largest absolute Gasteiger partial charge is 0.480 e. The van der Waals surface area contributed by atoms with Crippen molar-refractivity contribution in [3.63, 3.8) is 0 Å². The fourth-order valence-corrected chi connectivity index (χ4v) is 3.27. The maximum absolute atomic E-state index is 14.0. The van der Waals surface area contributed by atoms with Crippen LogP contribution in [0.4, 0.5) is 4.39 Å². The van der Waals surface area contributed by atoms with Gasteiger partial charge in [0.25, 0.3) is 5.91 Å². The molecule has 1 N–H and O–H groups in total. The Morgan fingerprint density at radius 1 is 1.20 bits per heavy atom. The first kappa shape index (κ1) is 15.3. The van der Waals surface area contributed by atoms with Crippen molar-refractivity contribution in [1.82, 2.24) is 14.5 Å². The first-order valence-corrected chi connectivity index (χ1v) is 7.78. The molecule has 1 unspecified atom stereocenters. The molecule has 3 aromatic rings. The van der Waals surface area contributed by atoms with Gasteiger partial charge in [-0.05, 0) is 29.3 Å². The Bertz CT molecular complexity index is 998. The van der Waals surface area contributed by atoms with Gasteiger partial charge >= 0.3 is 5.97 Å². The third-order valence-electron chi connectivity index (χ3n) is 4.53. The van der Waals surface area contributed by atoms with Crippen molar-refractivity contribution in [3.8, 4) is 0 Å². The molecule has 4 rings (SSSR count). The van der Waals surface area contributed by atoms with Gasteiger partial charge in [-0.25, -0.2) is 13.7 Å². The normalized spacial score (nSPS) is 16.7. The minimum atomic E-state index is -1.15. The van der Waals surface area contributed by atoms with Gasteiger partial charge in [0, 0.05) is 19.2 Å². The molecule has 0 fully saturated rings. The van der Waals surface area contributed by atoms with E-state index in [-0.39, 0.29) is 13.0 Å². The maximum Gasteiger partial charge on any atom is 0.326 e. The summed E-state index contributed by atoms with van der Waals surface area (Å²) in [5.41, 5.74) is 1.91. The molecule has 0 spiro atoms. The SMILES string of the molecule is O=C(O)C1Cc2c(F)cccc2CN1C(=O)c1cnn2ccccc12. The van der Waals surface area contributed by atoms with Gasteiger partial charge in [-0.2, -0.15) is 5.10 Å². The molecule has 0 aliphatic carbocycles. The number of aromatic nitrogens is 2. The number of hydrogen-bond donors (Lipinski definition) is 1. The van der Waals surface area contributed by atoms with Gasteiger partial charge in [-0.3, -0.25) is 4.79 Å². The standard InChI is InChI=1S/C18H14FN3O3/c19-14-5-3-4-11-10-21(16(18(24)25)8-12(11)14)17(23)13-9-20-22-7-2-1-6-15(13)22/h1-7,9,16H,8,10H2,(H,24,25). The molecule has 6 nitrogen and oxygen atoms in total. The van der Waals surface area contributed by atoms with Crippen LogP contribution in [0.1, 0.15) is 21.5 Å². The summed E-state index contributed by atoms with van der Waals surface area (Å²) in [4.78, 5) is 26.0. The Morgan fingerprint density at radius 2 is 2.04 bits per heavy atom. The number of amides is 1. The van der Waals surface area contributed by atoms with Crippen molar-refractivity contribution in [2.45, 2.75) is 19.0 Å². The summed E-state index contributed by atoms with van der Waals surface area (Å²) in [6.45, 7) is 0.0487. The van der Waals surface area contributed by atoms with Crippen LogP contribution in [0, 0.1) is 5.82 Å². The highest BCUT2D eigenvalue weighted by molar-refractivity contribution is 6.02. The van der Waals surface area contributed by atoms with E-state index in [1.807, 2.05) is 0 Å². The molecular weight excluding hydrogens is 325 g/mol. The molecule has 1 aliphatic heterocycles. The lowest BCUT2D eigenvalue weighted by Gasteiger charge is -2.34. The average Bonchev–Trinajstić information content (AvgIpc) is 3.04. The van der Waals surface area contributed by atoms with E-state index in [0.29, 0.717) is 22.2 Å². The van der Waals surface area contributed by atoms with Gasteiger partial charge in [0.2, 0.25) is 0 Å². The van der Waals surface area contributed by atoms with E-state index in [2.05, 4.69) is 5.10 Å². The summed E-state index contributed by atoms with van der Waals surface area (Å²) in [5, 5.41) is 13.7. The van der Waals surface area contributed by atoms with E-state index in [0.717, 1.165) is 0 Å². The van der Waals surface area contributed by atoms with Crippen LogP contribution >= 0.6 is 0 Å². The number of fused-ring (bicyclic) bond motifs is 2. The second-order valence-electron chi connectivity index (χ2n) is 5.96. The minimum absolute atomic E-state index is 0.0487. The van der Waals surface area contributed by atoms with Gasteiger partial charge < -0.3 is 10.0 Å². The van der Waals surface area contributed by atoms with Crippen LogP contribution in [0.3, 0.4) is 0 Å². The lowest BCUT2D eigenvalue weighted by molar-refractivity contribution is -0.142. The van der Waals surface area contributed by atoms with E-state index in [4.69, 9.17) is 0 Å². The molecule has 1 atom stereocenters. The zero-order chi connectivity index (χ0) is 17.6. The number of rotatable bonds is 2. The Labute approximate surface area is 142 Å². The second kappa shape index (κ2) is 5.70. The van der Waals surface area contributed by atoms with Crippen LogP contribution in [0.2, 0.25) is 0 Å². The van der Waals surface area contributed by atoms with Gasteiger partial charge in [-0.1, -0.05) is 18.2 Å². The number of pyridine rings is 1. The summed E-state index contributed by atoms with van der Waals surface area (Å²) in [6.07, 6.45) is 3.08.